The second-order valence-corrected chi connectivity index (χ2v) is 8.96. The Balaban J connectivity index is 1.90. The molecule has 0 unspecified atom stereocenters. The summed E-state index contributed by atoms with van der Waals surface area (Å²) in [5.74, 6) is -2.09. The van der Waals surface area contributed by atoms with Crippen LogP contribution >= 0.6 is 0 Å². The van der Waals surface area contributed by atoms with E-state index in [2.05, 4.69) is 14.8 Å². The van der Waals surface area contributed by atoms with E-state index in [0.717, 1.165) is 12.1 Å². The molecule has 166 valence electrons. The van der Waals surface area contributed by atoms with Crippen LogP contribution < -0.4 is 9.46 Å². The minimum absolute atomic E-state index is 0.132. The lowest BCUT2D eigenvalue weighted by Crippen LogP contribution is -2.14. The highest BCUT2D eigenvalue weighted by Crippen LogP contribution is 2.40. The van der Waals surface area contributed by atoms with E-state index >= 15 is 0 Å². The second-order valence-electron chi connectivity index (χ2n) is 6.95. The van der Waals surface area contributed by atoms with Crippen LogP contribution in [0.3, 0.4) is 0 Å². The fourth-order valence-corrected chi connectivity index (χ4v) is 3.76. The van der Waals surface area contributed by atoms with Crippen LogP contribution in [0, 0.1) is 11.6 Å². The monoisotopic (exact) mass is 460 g/mol. The Labute approximate surface area is 182 Å². The van der Waals surface area contributed by atoms with Gasteiger partial charge in [-0.1, -0.05) is 0 Å². The van der Waals surface area contributed by atoms with Gasteiger partial charge in [-0.2, -0.15) is 5.10 Å². The van der Waals surface area contributed by atoms with E-state index < -0.39 is 21.7 Å². The fourth-order valence-electron chi connectivity index (χ4n) is 3.13. The van der Waals surface area contributed by atoms with Crippen molar-refractivity contribution in [2.45, 2.75) is 6.92 Å². The normalized spacial score (nSPS) is 11.6. The molecule has 0 saturated heterocycles. The van der Waals surface area contributed by atoms with Crippen LogP contribution in [0.2, 0.25) is 0 Å². The zero-order valence-electron chi connectivity index (χ0n) is 17.0. The summed E-state index contributed by atoms with van der Waals surface area (Å²) in [5.41, 5.74) is 1.36. The summed E-state index contributed by atoms with van der Waals surface area (Å²) in [4.78, 5) is 3.98. The molecule has 2 aromatic carbocycles. The molecule has 0 aliphatic carbocycles. The maximum absolute atomic E-state index is 14.2. The van der Waals surface area contributed by atoms with Crippen molar-refractivity contribution in [3.05, 3.63) is 60.4 Å². The minimum atomic E-state index is -3.57. The Hall–Kier alpha value is -3.73. The predicted molar refractivity (Wildman–Crippen MR) is 115 cm³/mol. The summed E-state index contributed by atoms with van der Waals surface area (Å²) < 4.78 is 61.2. The van der Waals surface area contributed by atoms with Crippen molar-refractivity contribution < 1.29 is 27.0 Å². The van der Waals surface area contributed by atoms with Crippen molar-refractivity contribution >= 4 is 26.6 Å². The van der Waals surface area contributed by atoms with Crippen LogP contribution in [0.15, 0.2) is 48.8 Å². The van der Waals surface area contributed by atoms with Crippen molar-refractivity contribution in [2.24, 2.45) is 7.05 Å². The largest absolute Gasteiger partial charge is 0.493 e. The highest BCUT2D eigenvalue weighted by atomic mass is 32.2. The zero-order chi connectivity index (χ0) is 23.0. The number of aryl methyl sites for hydroxylation is 1. The third-order valence-electron chi connectivity index (χ3n) is 4.68. The number of nitrogens with zero attached hydrogens (tertiary/aromatic N) is 3. The van der Waals surface area contributed by atoms with Gasteiger partial charge in [-0.05, 0) is 37.3 Å². The van der Waals surface area contributed by atoms with Crippen LogP contribution in [-0.2, 0) is 17.1 Å². The number of ether oxygens (including phenoxy) is 1. The van der Waals surface area contributed by atoms with Crippen LogP contribution in [-0.4, -0.2) is 34.0 Å². The van der Waals surface area contributed by atoms with E-state index in [0.29, 0.717) is 28.1 Å². The molecule has 4 rings (SSSR count). The minimum Gasteiger partial charge on any atom is -0.493 e. The van der Waals surface area contributed by atoms with Gasteiger partial charge in [0.1, 0.15) is 17.1 Å². The standard InChI is InChI=1S/C21H18F2N4O4S/c1-3-32(29,30)26-13-5-7-18(31-19-6-4-12(22)8-17(19)23)14(9-13)15-10-24-21(28)16-11-27(2)25-20(15)16/h4-11,26H,3H2,1-2H3,(H,24,28). The fraction of sp³-hybridized carbons (Fsp3) is 0.143. The number of hydrogen-bond acceptors (Lipinski definition) is 6. The molecule has 2 aromatic heterocycles. The Morgan fingerprint density at radius 2 is 1.88 bits per heavy atom. The summed E-state index contributed by atoms with van der Waals surface area (Å²) in [7, 11) is -1.90. The van der Waals surface area contributed by atoms with Crippen LogP contribution in [0.5, 0.6) is 17.4 Å². The van der Waals surface area contributed by atoms with E-state index in [1.165, 1.54) is 36.0 Å². The van der Waals surface area contributed by atoms with Gasteiger partial charge in [0.25, 0.3) is 0 Å². The third-order valence-corrected chi connectivity index (χ3v) is 5.98. The van der Waals surface area contributed by atoms with Gasteiger partial charge in [-0.15, -0.1) is 0 Å². The molecular weight excluding hydrogens is 442 g/mol. The number of hydrogen-bond donors (Lipinski definition) is 2. The summed E-state index contributed by atoms with van der Waals surface area (Å²) in [6.07, 6.45) is 2.93. The molecule has 2 heterocycles. The summed E-state index contributed by atoms with van der Waals surface area (Å²) in [5, 5.41) is 14.8. The number of nitrogens with one attached hydrogen (secondary N) is 1. The van der Waals surface area contributed by atoms with Gasteiger partial charge in [-0.3, -0.25) is 9.40 Å². The number of pyridine rings is 1. The van der Waals surface area contributed by atoms with Crippen LogP contribution in [0.25, 0.3) is 22.0 Å². The molecule has 0 radical (unpaired) electrons. The first kappa shape index (κ1) is 21.5. The Morgan fingerprint density at radius 1 is 1.12 bits per heavy atom. The molecule has 0 spiro atoms. The molecule has 2 N–H and O–H groups in total. The average molecular weight is 460 g/mol. The topological polar surface area (TPSA) is 106 Å². The third kappa shape index (κ3) is 4.19. The van der Waals surface area contributed by atoms with E-state index in [-0.39, 0.29) is 28.8 Å². The van der Waals surface area contributed by atoms with Crippen molar-refractivity contribution in [3.8, 4) is 28.5 Å². The van der Waals surface area contributed by atoms with Crippen LogP contribution in [0.4, 0.5) is 14.5 Å². The molecule has 0 fully saturated rings. The second kappa shape index (κ2) is 8.08. The van der Waals surface area contributed by atoms with Gasteiger partial charge in [-0.25, -0.2) is 22.2 Å². The maximum atomic E-state index is 14.2. The van der Waals surface area contributed by atoms with E-state index in [1.54, 1.807) is 13.2 Å². The van der Waals surface area contributed by atoms with Crippen molar-refractivity contribution in [2.75, 3.05) is 10.5 Å². The highest BCUT2D eigenvalue weighted by molar-refractivity contribution is 7.92. The number of anilines is 1. The van der Waals surface area contributed by atoms with Crippen molar-refractivity contribution in [1.82, 2.24) is 14.8 Å². The SMILES string of the molecule is CCS(=O)(=O)Nc1ccc(Oc2ccc(F)cc2F)c(-c2cnc(O)c3cn(C)nc23)c1. The number of rotatable bonds is 6. The quantitative estimate of drug-likeness (QED) is 0.447. The Bertz CT molecular complexity index is 1440. The molecule has 0 atom stereocenters. The lowest BCUT2D eigenvalue weighted by atomic mass is 10.0. The molecular formula is C21H18F2N4O4S. The highest BCUT2D eigenvalue weighted by Gasteiger charge is 2.19. The van der Waals surface area contributed by atoms with Gasteiger partial charge in [0.05, 0.1) is 11.1 Å². The molecule has 0 saturated carbocycles. The maximum Gasteiger partial charge on any atom is 0.232 e. The lowest BCUT2D eigenvalue weighted by Gasteiger charge is -2.15. The van der Waals surface area contributed by atoms with Gasteiger partial charge < -0.3 is 9.84 Å². The summed E-state index contributed by atoms with van der Waals surface area (Å²) >= 11 is 0. The number of aromatic hydroxyl groups is 1. The molecule has 0 aliphatic rings. The Kier molecular flexibility index (Phi) is 5.43. The van der Waals surface area contributed by atoms with Crippen LogP contribution in [0.1, 0.15) is 6.92 Å². The lowest BCUT2D eigenvalue weighted by molar-refractivity contribution is 0.439. The van der Waals surface area contributed by atoms with E-state index in [1.807, 2.05) is 0 Å². The molecule has 0 bridgehead atoms. The number of sulfonamides is 1. The molecule has 4 aromatic rings. The number of halogens is 2. The zero-order valence-corrected chi connectivity index (χ0v) is 17.8. The first-order valence-electron chi connectivity index (χ1n) is 9.46. The smallest absolute Gasteiger partial charge is 0.232 e. The molecule has 0 aliphatic heterocycles. The number of aromatic nitrogens is 3. The van der Waals surface area contributed by atoms with E-state index in [9.17, 15) is 22.3 Å². The molecule has 0 amide bonds. The Morgan fingerprint density at radius 3 is 2.59 bits per heavy atom. The number of fused-ring (bicyclic) bond motifs is 1. The number of benzene rings is 2. The van der Waals surface area contributed by atoms with Gasteiger partial charge >= 0.3 is 0 Å². The van der Waals surface area contributed by atoms with Gasteiger partial charge in [0, 0.05) is 42.3 Å². The van der Waals surface area contributed by atoms with Crippen molar-refractivity contribution in [1.29, 1.82) is 0 Å². The molecule has 32 heavy (non-hydrogen) atoms. The summed E-state index contributed by atoms with van der Waals surface area (Å²) in [6, 6.07) is 7.29. The predicted octanol–water partition coefficient (Wildman–Crippen LogP) is 4.17. The molecule has 11 heteroatoms. The summed E-state index contributed by atoms with van der Waals surface area (Å²) in [6.45, 7) is 1.50. The van der Waals surface area contributed by atoms with E-state index in [4.69, 9.17) is 4.74 Å². The van der Waals surface area contributed by atoms with Gasteiger partial charge in [0.2, 0.25) is 15.9 Å². The van der Waals surface area contributed by atoms with Crippen molar-refractivity contribution in [3.63, 3.8) is 0 Å². The molecule has 8 nitrogen and oxygen atoms in total. The van der Waals surface area contributed by atoms with Gasteiger partial charge in [0.15, 0.2) is 11.6 Å². The average Bonchev–Trinajstić information content (AvgIpc) is 3.13. The first-order valence-corrected chi connectivity index (χ1v) is 11.1. The first-order chi connectivity index (χ1) is 15.2.